The van der Waals surface area contributed by atoms with Gasteiger partial charge in [0.25, 0.3) is 5.91 Å². The third kappa shape index (κ3) is 2.88. The van der Waals surface area contributed by atoms with E-state index in [1.165, 1.54) is 4.68 Å². The molecule has 0 aliphatic heterocycles. The Kier molecular flexibility index (Phi) is 3.97. The van der Waals surface area contributed by atoms with E-state index in [-0.39, 0.29) is 17.9 Å². The van der Waals surface area contributed by atoms with Crippen molar-refractivity contribution in [3.63, 3.8) is 0 Å². The van der Waals surface area contributed by atoms with Crippen LogP contribution in [-0.4, -0.2) is 25.6 Å². The molecule has 0 unspecified atom stereocenters. The Labute approximate surface area is 120 Å². The van der Waals surface area contributed by atoms with Gasteiger partial charge < -0.3 is 5.73 Å². The fourth-order valence-corrected chi connectivity index (χ4v) is 2.17. The van der Waals surface area contributed by atoms with Crippen molar-refractivity contribution in [2.75, 3.05) is 0 Å². The molecule has 0 fully saturated rings. The number of amides is 1. The van der Waals surface area contributed by atoms with Gasteiger partial charge in [-0.2, -0.15) is 5.10 Å². The molecule has 2 rings (SSSR count). The molecule has 110 valence electrons. The minimum absolute atomic E-state index is 0.249. The quantitative estimate of drug-likeness (QED) is 0.655. The van der Waals surface area contributed by atoms with Crippen LogP contribution in [0.5, 0.6) is 0 Å². The molecule has 0 saturated heterocycles. The molecular weight excluding hydrogens is 274 g/mol. The van der Waals surface area contributed by atoms with Crippen LogP contribution in [0, 0.1) is 17.0 Å². The second-order valence-electron chi connectivity index (χ2n) is 4.55. The Balaban J connectivity index is 2.51. The number of nitro groups is 1. The molecule has 8 heteroatoms. The Bertz CT molecular complexity index is 708. The Morgan fingerprint density at radius 3 is 2.71 bits per heavy atom. The maximum Gasteiger partial charge on any atom is 0.323 e. The van der Waals surface area contributed by atoms with Crippen molar-refractivity contribution in [2.45, 2.75) is 26.8 Å². The predicted molar refractivity (Wildman–Crippen MR) is 74.9 cm³/mol. The Morgan fingerprint density at radius 1 is 1.48 bits per heavy atom. The topological polar surface area (TPSA) is 117 Å². The summed E-state index contributed by atoms with van der Waals surface area (Å²) in [7, 11) is 0. The van der Waals surface area contributed by atoms with E-state index in [9.17, 15) is 14.9 Å². The van der Waals surface area contributed by atoms with E-state index in [0.717, 1.165) is 5.69 Å². The third-order valence-electron chi connectivity index (χ3n) is 3.04. The summed E-state index contributed by atoms with van der Waals surface area (Å²) in [6, 6.07) is 5.49. The standard InChI is InChI=1S/C13H15N5O3/c1-3-10-12(18(20)21)11(13(14)19)16-17(10)7-9-6-4-5-8(2)15-9/h4-6H,3,7H2,1-2H3,(H2,14,19). The average molecular weight is 289 g/mol. The maximum atomic E-state index is 11.3. The van der Waals surface area contributed by atoms with Crippen LogP contribution in [0.25, 0.3) is 0 Å². The molecule has 1 amide bonds. The largest absolute Gasteiger partial charge is 0.364 e. The molecule has 0 bridgehead atoms. The third-order valence-corrected chi connectivity index (χ3v) is 3.04. The number of nitrogens with zero attached hydrogens (tertiary/aromatic N) is 4. The smallest absolute Gasteiger partial charge is 0.323 e. The lowest BCUT2D eigenvalue weighted by atomic mass is 10.2. The summed E-state index contributed by atoms with van der Waals surface area (Å²) in [6.45, 7) is 3.86. The van der Waals surface area contributed by atoms with Gasteiger partial charge in [-0.25, -0.2) is 0 Å². The first-order valence-corrected chi connectivity index (χ1v) is 6.40. The fourth-order valence-electron chi connectivity index (χ4n) is 2.17. The monoisotopic (exact) mass is 289 g/mol. The van der Waals surface area contributed by atoms with Crippen LogP contribution in [0.4, 0.5) is 5.69 Å². The molecule has 0 aliphatic carbocycles. The van der Waals surface area contributed by atoms with Gasteiger partial charge in [-0.1, -0.05) is 13.0 Å². The highest BCUT2D eigenvalue weighted by atomic mass is 16.6. The van der Waals surface area contributed by atoms with Crippen molar-refractivity contribution < 1.29 is 9.72 Å². The number of carbonyl (C=O) groups is 1. The highest BCUT2D eigenvalue weighted by Gasteiger charge is 2.29. The molecule has 0 atom stereocenters. The van der Waals surface area contributed by atoms with Gasteiger partial charge in [-0.3, -0.25) is 24.6 Å². The highest BCUT2D eigenvalue weighted by Crippen LogP contribution is 2.24. The fraction of sp³-hybridized carbons (Fsp3) is 0.308. The number of hydrogen-bond acceptors (Lipinski definition) is 5. The van der Waals surface area contributed by atoms with E-state index in [2.05, 4.69) is 10.1 Å². The number of hydrogen-bond donors (Lipinski definition) is 1. The number of rotatable bonds is 5. The van der Waals surface area contributed by atoms with E-state index >= 15 is 0 Å². The molecule has 0 spiro atoms. The second-order valence-corrected chi connectivity index (χ2v) is 4.55. The first-order chi connectivity index (χ1) is 9.93. The summed E-state index contributed by atoms with van der Waals surface area (Å²) in [5.41, 5.74) is 6.44. The lowest BCUT2D eigenvalue weighted by Gasteiger charge is -2.05. The summed E-state index contributed by atoms with van der Waals surface area (Å²) < 4.78 is 1.42. The van der Waals surface area contributed by atoms with Crippen LogP contribution in [0.3, 0.4) is 0 Å². The van der Waals surface area contributed by atoms with Crippen LogP contribution in [-0.2, 0) is 13.0 Å². The van der Waals surface area contributed by atoms with Gasteiger partial charge in [-0.05, 0) is 25.5 Å². The summed E-state index contributed by atoms with van der Waals surface area (Å²) in [5, 5.41) is 15.1. The summed E-state index contributed by atoms with van der Waals surface area (Å²) in [5.74, 6) is -0.910. The van der Waals surface area contributed by atoms with Crippen LogP contribution >= 0.6 is 0 Å². The van der Waals surface area contributed by atoms with Crippen molar-refractivity contribution in [1.29, 1.82) is 0 Å². The van der Waals surface area contributed by atoms with Crippen molar-refractivity contribution in [1.82, 2.24) is 14.8 Å². The van der Waals surface area contributed by atoms with Crippen molar-refractivity contribution in [3.8, 4) is 0 Å². The van der Waals surface area contributed by atoms with Crippen LogP contribution < -0.4 is 5.73 Å². The normalized spacial score (nSPS) is 10.6. The van der Waals surface area contributed by atoms with Crippen LogP contribution in [0.15, 0.2) is 18.2 Å². The average Bonchev–Trinajstić information content (AvgIpc) is 2.77. The molecule has 0 saturated carbocycles. The zero-order valence-electron chi connectivity index (χ0n) is 11.7. The van der Waals surface area contributed by atoms with Crippen LogP contribution in [0.1, 0.15) is 34.5 Å². The molecule has 2 heterocycles. The lowest BCUT2D eigenvalue weighted by molar-refractivity contribution is -0.385. The zero-order valence-corrected chi connectivity index (χ0v) is 11.7. The van der Waals surface area contributed by atoms with Gasteiger partial charge in [0, 0.05) is 5.69 Å². The number of carbonyl (C=O) groups excluding carboxylic acids is 1. The molecule has 8 nitrogen and oxygen atoms in total. The van der Waals surface area contributed by atoms with Crippen molar-refractivity contribution in [2.24, 2.45) is 5.73 Å². The Hall–Kier alpha value is -2.77. The molecule has 0 aliphatic rings. The number of pyridine rings is 1. The lowest BCUT2D eigenvalue weighted by Crippen LogP contribution is -2.14. The van der Waals surface area contributed by atoms with Crippen molar-refractivity contribution in [3.05, 3.63) is 51.1 Å². The molecule has 21 heavy (non-hydrogen) atoms. The first-order valence-electron chi connectivity index (χ1n) is 6.40. The molecule has 2 N–H and O–H groups in total. The molecule has 0 radical (unpaired) electrons. The van der Waals surface area contributed by atoms with Gasteiger partial charge >= 0.3 is 5.69 Å². The molecule has 2 aromatic rings. The summed E-state index contributed by atoms with van der Waals surface area (Å²) >= 11 is 0. The molecule has 2 aromatic heterocycles. The number of nitrogens with two attached hydrogens (primary N) is 1. The van der Waals surface area contributed by atoms with Crippen LogP contribution in [0.2, 0.25) is 0 Å². The number of aryl methyl sites for hydroxylation is 1. The van der Waals surface area contributed by atoms with Gasteiger partial charge in [0.1, 0.15) is 5.69 Å². The molecular formula is C13H15N5O3. The van der Waals surface area contributed by atoms with E-state index < -0.39 is 10.8 Å². The summed E-state index contributed by atoms with van der Waals surface area (Å²) in [6.07, 6.45) is 0.364. The first kappa shape index (κ1) is 14.6. The zero-order chi connectivity index (χ0) is 15.6. The number of aromatic nitrogens is 3. The summed E-state index contributed by atoms with van der Waals surface area (Å²) in [4.78, 5) is 26.2. The van der Waals surface area contributed by atoms with E-state index in [0.29, 0.717) is 17.8 Å². The predicted octanol–water partition coefficient (Wildman–Crippen LogP) is 1.20. The van der Waals surface area contributed by atoms with Crippen molar-refractivity contribution >= 4 is 11.6 Å². The van der Waals surface area contributed by atoms with E-state index in [1.54, 1.807) is 13.0 Å². The van der Waals surface area contributed by atoms with Gasteiger partial charge in [0.05, 0.1) is 17.2 Å². The van der Waals surface area contributed by atoms with Gasteiger partial charge in [0.2, 0.25) is 5.69 Å². The van der Waals surface area contributed by atoms with Gasteiger partial charge in [-0.15, -0.1) is 0 Å². The minimum atomic E-state index is -0.910. The highest BCUT2D eigenvalue weighted by molar-refractivity contribution is 5.95. The van der Waals surface area contributed by atoms with Gasteiger partial charge in [0.15, 0.2) is 0 Å². The minimum Gasteiger partial charge on any atom is -0.364 e. The Morgan fingerprint density at radius 2 is 2.19 bits per heavy atom. The maximum absolute atomic E-state index is 11.3. The number of primary amides is 1. The SMILES string of the molecule is CCc1c([N+](=O)[O-])c(C(N)=O)nn1Cc1cccc(C)n1. The van der Waals surface area contributed by atoms with E-state index in [4.69, 9.17) is 5.73 Å². The second kappa shape index (κ2) is 5.70. The van der Waals surface area contributed by atoms with E-state index in [1.807, 2.05) is 19.1 Å². The molecule has 0 aromatic carbocycles.